The molecule has 18 heavy (non-hydrogen) atoms. The number of halogens is 1. The first-order chi connectivity index (χ1) is 8.66. The largest absolute Gasteiger partial charge is 0.507 e. The van der Waals surface area contributed by atoms with Crippen molar-refractivity contribution in [1.82, 2.24) is 5.32 Å². The predicted molar refractivity (Wildman–Crippen MR) is 67.0 cm³/mol. The number of amides is 1. The molecule has 3 nitrogen and oxygen atoms in total. The Morgan fingerprint density at radius 1 is 1.39 bits per heavy atom. The van der Waals surface area contributed by atoms with Gasteiger partial charge in [-0.1, -0.05) is 25.7 Å². The van der Waals surface area contributed by atoms with Crippen molar-refractivity contribution in [2.24, 2.45) is 5.92 Å². The van der Waals surface area contributed by atoms with Crippen LogP contribution in [0.5, 0.6) is 5.75 Å². The van der Waals surface area contributed by atoms with Crippen LogP contribution in [0.4, 0.5) is 4.39 Å². The predicted octanol–water partition coefficient (Wildman–Crippen LogP) is 2.84. The molecule has 0 aliphatic heterocycles. The van der Waals surface area contributed by atoms with Crippen LogP contribution in [0, 0.1) is 11.7 Å². The highest BCUT2D eigenvalue weighted by Crippen LogP contribution is 2.27. The lowest BCUT2D eigenvalue weighted by molar-refractivity contribution is 0.0948. The molecule has 0 bridgehead atoms. The molecule has 1 aliphatic carbocycles. The maximum Gasteiger partial charge on any atom is 0.255 e. The van der Waals surface area contributed by atoms with Crippen molar-refractivity contribution in [3.8, 4) is 5.75 Å². The molecule has 1 amide bonds. The third kappa shape index (κ3) is 3.22. The highest BCUT2D eigenvalue weighted by molar-refractivity contribution is 5.96. The van der Waals surface area contributed by atoms with Gasteiger partial charge in [0.25, 0.3) is 5.91 Å². The van der Waals surface area contributed by atoms with Crippen LogP contribution >= 0.6 is 0 Å². The molecule has 98 valence electrons. The number of hydrogen-bond acceptors (Lipinski definition) is 2. The lowest BCUT2D eigenvalue weighted by Crippen LogP contribution is -2.25. The van der Waals surface area contributed by atoms with Crippen LogP contribution in [0.25, 0.3) is 0 Å². The third-order valence-corrected chi connectivity index (χ3v) is 3.52. The standard InChI is InChI=1S/C14H18FNO2/c15-11-5-6-13(17)12(9-11)14(18)16-8-7-10-3-1-2-4-10/h5-6,9-10,17H,1-4,7-8H2,(H,16,18). The summed E-state index contributed by atoms with van der Waals surface area (Å²) >= 11 is 0. The molecule has 0 aromatic heterocycles. The number of carbonyl (C=O) groups is 1. The molecule has 1 aromatic carbocycles. The summed E-state index contributed by atoms with van der Waals surface area (Å²) in [6, 6.07) is 3.38. The van der Waals surface area contributed by atoms with Crippen LogP contribution in [0.3, 0.4) is 0 Å². The Balaban J connectivity index is 1.85. The van der Waals surface area contributed by atoms with Gasteiger partial charge in [0.1, 0.15) is 11.6 Å². The Bertz CT molecular complexity index is 428. The van der Waals surface area contributed by atoms with Crippen molar-refractivity contribution in [3.05, 3.63) is 29.6 Å². The fourth-order valence-corrected chi connectivity index (χ4v) is 2.47. The van der Waals surface area contributed by atoms with E-state index in [-0.39, 0.29) is 11.3 Å². The summed E-state index contributed by atoms with van der Waals surface area (Å²) in [5.41, 5.74) is 0.00132. The monoisotopic (exact) mass is 251 g/mol. The van der Waals surface area contributed by atoms with E-state index < -0.39 is 11.7 Å². The highest BCUT2D eigenvalue weighted by atomic mass is 19.1. The Kier molecular flexibility index (Phi) is 4.18. The number of phenols is 1. The molecule has 4 heteroatoms. The molecule has 1 saturated carbocycles. The van der Waals surface area contributed by atoms with Crippen LogP contribution in [0.1, 0.15) is 42.5 Å². The molecule has 0 radical (unpaired) electrons. The zero-order valence-electron chi connectivity index (χ0n) is 10.3. The third-order valence-electron chi connectivity index (χ3n) is 3.52. The topological polar surface area (TPSA) is 49.3 Å². The first kappa shape index (κ1) is 12.9. The van der Waals surface area contributed by atoms with Gasteiger partial charge in [0, 0.05) is 6.54 Å². The molecule has 0 heterocycles. The van der Waals surface area contributed by atoms with E-state index in [1.54, 1.807) is 0 Å². The second kappa shape index (κ2) is 5.85. The first-order valence-corrected chi connectivity index (χ1v) is 6.43. The van der Waals surface area contributed by atoms with E-state index in [9.17, 15) is 14.3 Å². The number of carbonyl (C=O) groups excluding carboxylic acids is 1. The van der Waals surface area contributed by atoms with Gasteiger partial charge in [-0.2, -0.15) is 0 Å². The van der Waals surface area contributed by atoms with Crippen molar-refractivity contribution in [1.29, 1.82) is 0 Å². The Hall–Kier alpha value is -1.58. The molecule has 1 fully saturated rings. The van der Waals surface area contributed by atoms with E-state index in [2.05, 4.69) is 5.32 Å². The molecule has 0 saturated heterocycles. The first-order valence-electron chi connectivity index (χ1n) is 6.43. The highest BCUT2D eigenvalue weighted by Gasteiger charge is 2.16. The summed E-state index contributed by atoms with van der Waals surface area (Å²) in [4.78, 5) is 11.8. The average molecular weight is 251 g/mol. The second-order valence-corrected chi connectivity index (χ2v) is 4.86. The molecule has 2 rings (SSSR count). The van der Waals surface area contributed by atoms with E-state index in [4.69, 9.17) is 0 Å². The SMILES string of the molecule is O=C(NCCC1CCCC1)c1cc(F)ccc1O. The fraction of sp³-hybridized carbons (Fsp3) is 0.500. The average Bonchev–Trinajstić information content (AvgIpc) is 2.85. The van der Waals surface area contributed by atoms with Gasteiger partial charge in [0.2, 0.25) is 0 Å². The van der Waals surface area contributed by atoms with Gasteiger partial charge in [-0.15, -0.1) is 0 Å². The molecule has 0 unspecified atom stereocenters. The molecule has 1 aromatic rings. The maximum absolute atomic E-state index is 13.0. The summed E-state index contributed by atoms with van der Waals surface area (Å²) in [5.74, 6) is -0.417. The smallest absolute Gasteiger partial charge is 0.255 e. The molecule has 1 aliphatic rings. The van der Waals surface area contributed by atoms with Crippen molar-refractivity contribution in [2.75, 3.05) is 6.54 Å². The van der Waals surface area contributed by atoms with Crippen LogP contribution in [-0.4, -0.2) is 17.6 Å². The van der Waals surface area contributed by atoms with Gasteiger partial charge in [-0.05, 0) is 30.5 Å². The number of nitrogens with one attached hydrogen (secondary N) is 1. The number of aromatic hydroxyl groups is 1. The van der Waals surface area contributed by atoms with Gasteiger partial charge in [0.15, 0.2) is 0 Å². The lowest BCUT2D eigenvalue weighted by Gasteiger charge is -2.10. The zero-order valence-corrected chi connectivity index (χ0v) is 10.3. The Morgan fingerprint density at radius 2 is 2.11 bits per heavy atom. The van der Waals surface area contributed by atoms with Gasteiger partial charge in [-0.25, -0.2) is 4.39 Å². The second-order valence-electron chi connectivity index (χ2n) is 4.86. The number of hydrogen-bond donors (Lipinski definition) is 2. The zero-order chi connectivity index (χ0) is 13.0. The van der Waals surface area contributed by atoms with Crippen molar-refractivity contribution in [2.45, 2.75) is 32.1 Å². The Labute approximate surface area is 106 Å². The number of phenolic OH excluding ortho intramolecular Hbond substituents is 1. The minimum atomic E-state index is -0.520. The minimum absolute atomic E-state index is 0.00132. The molecule has 0 atom stereocenters. The summed E-state index contributed by atoms with van der Waals surface area (Å²) in [6.45, 7) is 0.583. The summed E-state index contributed by atoms with van der Waals surface area (Å²) in [7, 11) is 0. The van der Waals surface area contributed by atoms with Crippen molar-refractivity contribution in [3.63, 3.8) is 0 Å². The fourth-order valence-electron chi connectivity index (χ4n) is 2.47. The van der Waals surface area contributed by atoms with Crippen molar-refractivity contribution < 1.29 is 14.3 Å². The molecular weight excluding hydrogens is 233 g/mol. The molecular formula is C14H18FNO2. The number of benzene rings is 1. The van der Waals surface area contributed by atoms with E-state index in [1.807, 2.05) is 0 Å². The van der Waals surface area contributed by atoms with Gasteiger partial charge in [0.05, 0.1) is 5.56 Å². The van der Waals surface area contributed by atoms with Gasteiger partial charge in [-0.3, -0.25) is 4.79 Å². The number of rotatable bonds is 4. The maximum atomic E-state index is 13.0. The van der Waals surface area contributed by atoms with E-state index in [0.717, 1.165) is 18.6 Å². The van der Waals surface area contributed by atoms with E-state index in [0.29, 0.717) is 12.5 Å². The van der Waals surface area contributed by atoms with Crippen LogP contribution in [-0.2, 0) is 0 Å². The molecule has 2 N–H and O–H groups in total. The minimum Gasteiger partial charge on any atom is -0.507 e. The summed E-state index contributed by atoms with van der Waals surface area (Å²) in [5, 5.41) is 12.2. The van der Waals surface area contributed by atoms with E-state index >= 15 is 0 Å². The normalized spacial score (nSPS) is 15.8. The van der Waals surface area contributed by atoms with Crippen LogP contribution < -0.4 is 5.32 Å². The van der Waals surface area contributed by atoms with Crippen molar-refractivity contribution >= 4 is 5.91 Å². The van der Waals surface area contributed by atoms with Gasteiger partial charge >= 0.3 is 0 Å². The van der Waals surface area contributed by atoms with Crippen LogP contribution in [0.15, 0.2) is 18.2 Å². The quantitative estimate of drug-likeness (QED) is 0.864. The summed E-state index contributed by atoms with van der Waals surface area (Å²) < 4.78 is 13.0. The Morgan fingerprint density at radius 3 is 2.83 bits per heavy atom. The van der Waals surface area contributed by atoms with E-state index in [1.165, 1.54) is 31.7 Å². The molecule has 0 spiro atoms. The van der Waals surface area contributed by atoms with Gasteiger partial charge < -0.3 is 10.4 Å². The van der Waals surface area contributed by atoms with Crippen LogP contribution in [0.2, 0.25) is 0 Å². The lowest BCUT2D eigenvalue weighted by atomic mass is 10.0. The summed E-state index contributed by atoms with van der Waals surface area (Å²) in [6.07, 6.45) is 6.00.